The Balaban J connectivity index is 1.68. The van der Waals surface area contributed by atoms with Crippen molar-refractivity contribution in [2.24, 2.45) is 10.4 Å². The van der Waals surface area contributed by atoms with Crippen molar-refractivity contribution in [1.82, 2.24) is 15.5 Å². The summed E-state index contributed by atoms with van der Waals surface area (Å²) in [6, 6.07) is 9.66. The zero-order valence-electron chi connectivity index (χ0n) is 13.7. The fourth-order valence-corrected chi connectivity index (χ4v) is 3.99. The van der Waals surface area contributed by atoms with E-state index in [4.69, 9.17) is 28.2 Å². The molecule has 3 heterocycles. The molecule has 1 aromatic heterocycles. The minimum Gasteiger partial charge on any atom is -0.342 e. The number of hydrogen-bond donors (Lipinski definition) is 2. The van der Waals surface area contributed by atoms with Crippen LogP contribution in [-0.2, 0) is 13.0 Å². The van der Waals surface area contributed by atoms with E-state index in [9.17, 15) is 0 Å². The predicted molar refractivity (Wildman–Crippen MR) is 101 cm³/mol. The van der Waals surface area contributed by atoms with Crippen LogP contribution in [0.2, 0.25) is 10.2 Å². The molecular formula is C18H19Cl2N5. The van der Waals surface area contributed by atoms with E-state index in [1.54, 1.807) is 0 Å². The number of fused-ring (bicyclic) bond motifs is 1. The number of rotatable bonds is 2. The van der Waals surface area contributed by atoms with Crippen LogP contribution in [0.5, 0.6) is 0 Å². The molecule has 5 nitrogen and oxygen atoms in total. The summed E-state index contributed by atoms with van der Waals surface area (Å²) in [7, 11) is 0. The highest BCUT2D eigenvalue weighted by atomic mass is 35.5. The quantitative estimate of drug-likeness (QED) is 0.839. The van der Waals surface area contributed by atoms with Crippen LogP contribution in [0.25, 0.3) is 0 Å². The van der Waals surface area contributed by atoms with Gasteiger partial charge in [0.25, 0.3) is 0 Å². The second kappa shape index (κ2) is 6.90. The summed E-state index contributed by atoms with van der Waals surface area (Å²) in [6.07, 6.45) is 2.89. The van der Waals surface area contributed by atoms with Gasteiger partial charge in [-0.2, -0.15) is 5.10 Å². The molecule has 0 saturated carbocycles. The fourth-order valence-electron chi connectivity index (χ4n) is 3.63. The molecule has 1 saturated heterocycles. The van der Waals surface area contributed by atoms with Crippen LogP contribution < -0.4 is 10.6 Å². The number of benzene rings is 1. The van der Waals surface area contributed by atoms with Crippen molar-refractivity contribution in [3.05, 3.63) is 51.8 Å². The van der Waals surface area contributed by atoms with Gasteiger partial charge in [-0.1, -0.05) is 35.3 Å². The summed E-state index contributed by atoms with van der Waals surface area (Å²) in [5, 5.41) is 16.3. The summed E-state index contributed by atoms with van der Waals surface area (Å²) in [6.45, 7) is 2.56. The number of amidine groups is 1. The topological polar surface area (TPSA) is 62.2 Å². The lowest BCUT2D eigenvalue weighted by Crippen LogP contribution is -2.49. The molecule has 0 bridgehead atoms. The average molecular weight is 376 g/mol. The van der Waals surface area contributed by atoms with Crippen LogP contribution in [0.4, 0.5) is 5.69 Å². The Hall–Kier alpha value is -1.69. The SMILES string of the molecule is Clc1cccc(CN=C2Nc3cc(Cl)nnc3CC23CCNCC3)c1. The first kappa shape index (κ1) is 16.8. The highest BCUT2D eigenvalue weighted by Gasteiger charge is 2.42. The molecule has 2 aliphatic heterocycles. The molecule has 0 aliphatic carbocycles. The number of aromatic nitrogens is 2. The Morgan fingerprint density at radius 3 is 2.76 bits per heavy atom. The first-order valence-electron chi connectivity index (χ1n) is 8.44. The normalized spacial score (nSPS) is 20.3. The number of aliphatic imine (C=N–C) groups is 1. The maximum atomic E-state index is 6.09. The van der Waals surface area contributed by atoms with Crippen molar-refractivity contribution < 1.29 is 0 Å². The smallest absolute Gasteiger partial charge is 0.153 e. The summed E-state index contributed by atoms with van der Waals surface area (Å²) in [5.41, 5.74) is 2.96. The van der Waals surface area contributed by atoms with Crippen LogP contribution >= 0.6 is 23.2 Å². The van der Waals surface area contributed by atoms with Gasteiger partial charge in [0.15, 0.2) is 5.15 Å². The molecule has 2 aromatic rings. The van der Waals surface area contributed by atoms with Crippen molar-refractivity contribution in [2.75, 3.05) is 18.4 Å². The number of nitrogens with one attached hydrogen (secondary N) is 2. The van der Waals surface area contributed by atoms with E-state index in [-0.39, 0.29) is 5.41 Å². The molecule has 130 valence electrons. The lowest BCUT2D eigenvalue weighted by atomic mass is 9.72. The molecule has 2 aliphatic rings. The van der Waals surface area contributed by atoms with Crippen molar-refractivity contribution in [1.29, 1.82) is 0 Å². The van der Waals surface area contributed by atoms with E-state index in [0.29, 0.717) is 11.7 Å². The van der Waals surface area contributed by atoms with Crippen LogP contribution in [-0.4, -0.2) is 29.1 Å². The van der Waals surface area contributed by atoms with Crippen LogP contribution in [0.3, 0.4) is 0 Å². The monoisotopic (exact) mass is 375 g/mol. The van der Waals surface area contributed by atoms with E-state index >= 15 is 0 Å². The van der Waals surface area contributed by atoms with Gasteiger partial charge in [-0.3, -0.25) is 4.99 Å². The van der Waals surface area contributed by atoms with Gasteiger partial charge in [0.2, 0.25) is 0 Å². The number of piperidine rings is 1. The van der Waals surface area contributed by atoms with Crippen molar-refractivity contribution in [3.63, 3.8) is 0 Å². The van der Waals surface area contributed by atoms with E-state index < -0.39 is 0 Å². The first-order valence-corrected chi connectivity index (χ1v) is 9.19. The molecule has 25 heavy (non-hydrogen) atoms. The Bertz CT molecular complexity index is 815. The molecule has 0 amide bonds. The molecule has 0 atom stereocenters. The number of halogens is 2. The van der Waals surface area contributed by atoms with E-state index in [2.05, 4.69) is 20.8 Å². The molecule has 0 radical (unpaired) electrons. The zero-order chi connectivity index (χ0) is 17.3. The first-order chi connectivity index (χ1) is 12.1. The Labute approximate surface area is 156 Å². The van der Waals surface area contributed by atoms with Gasteiger partial charge in [0.1, 0.15) is 5.84 Å². The lowest BCUT2D eigenvalue weighted by molar-refractivity contribution is 0.289. The number of hydrogen-bond acceptors (Lipinski definition) is 4. The summed E-state index contributed by atoms with van der Waals surface area (Å²) < 4.78 is 0. The predicted octanol–water partition coefficient (Wildman–Crippen LogP) is 3.72. The molecule has 1 aromatic carbocycles. The lowest BCUT2D eigenvalue weighted by Gasteiger charge is -2.42. The third-order valence-corrected chi connectivity index (χ3v) is 5.39. The van der Waals surface area contributed by atoms with Crippen LogP contribution in [0, 0.1) is 5.41 Å². The number of anilines is 1. The van der Waals surface area contributed by atoms with Crippen molar-refractivity contribution >= 4 is 34.7 Å². The third-order valence-electron chi connectivity index (χ3n) is 4.97. The largest absolute Gasteiger partial charge is 0.342 e. The highest BCUT2D eigenvalue weighted by molar-refractivity contribution is 6.30. The van der Waals surface area contributed by atoms with Gasteiger partial charge >= 0.3 is 0 Å². The highest BCUT2D eigenvalue weighted by Crippen LogP contribution is 2.40. The minimum atomic E-state index is -0.0145. The molecule has 1 fully saturated rings. The van der Waals surface area contributed by atoms with Gasteiger partial charge in [-0.15, -0.1) is 5.10 Å². The van der Waals surface area contributed by atoms with Gasteiger partial charge in [-0.05, 0) is 43.6 Å². The summed E-state index contributed by atoms with van der Waals surface area (Å²) in [5.74, 6) is 1.02. The second-order valence-corrected chi connectivity index (χ2v) is 7.48. The van der Waals surface area contributed by atoms with Crippen molar-refractivity contribution in [3.8, 4) is 0 Å². The average Bonchev–Trinajstić information content (AvgIpc) is 2.61. The Morgan fingerprint density at radius 1 is 1.12 bits per heavy atom. The van der Waals surface area contributed by atoms with E-state index in [0.717, 1.165) is 60.2 Å². The molecule has 1 spiro atoms. The van der Waals surface area contributed by atoms with Crippen LogP contribution in [0.15, 0.2) is 35.3 Å². The van der Waals surface area contributed by atoms with E-state index in [1.165, 1.54) is 0 Å². The Morgan fingerprint density at radius 2 is 1.96 bits per heavy atom. The Kier molecular flexibility index (Phi) is 4.63. The third kappa shape index (κ3) is 3.50. The minimum absolute atomic E-state index is 0.0145. The van der Waals surface area contributed by atoms with Gasteiger partial charge in [0.05, 0.1) is 17.9 Å². The number of nitrogens with zero attached hydrogens (tertiary/aromatic N) is 3. The van der Waals surface area contributed by atoms with Crippen LogP contribution in [0.1, 0.15) is 24.1 Å². The van der Waals surface area contributed by atoms with Gasteiger partial charge in [-0.25, -0.2) is 0 Å². The van der Waals surface area contributed by atoms with Gasteiger partial charge < -0.3 is 10.6 Å². The van der Waals surface area contributed by atoms with Gasteiger partial charge in [0, 0.05) is 22.9 Å². The van der Waals surface area contributed by atoms with Crippen molar-refractivity contribution in [2.45, 2.75) is 25.8 Å². The summed E-state index contributed by atoms with van der Waals surface area (Å²) in [4.78, 5) is 4.93. The molecule has 2 N–H and O–H groups in total. The molecular weight excluding hydrogens is 357 g/mol. The molecule has 0 unspecified atom stereocenters. The molecule has 4 rings (SSSR count). The fraction of sp³-hybridized carbons (Fsp3) is 0.389. The van der Waals surface area contributed by atoms with E-state index in [1.807, 2.05) is 30.3 Å². The zero-order valence-corrected chi connectivity index (χ0v) is 15.2. The summed E-state index contributed by atoms with van der Waals surface area (Å²) >= 11 is 12.1. The second-order valence-electron chi connectivity index (χ2n) is 6.65. The molecule has 7 heteroatoms. The standard InChI is InChI=1S/C18H19Cl2N5/c19-13-3-1-2-12(8-13)11-22-17-18(4-6-21-7-5-18)10-15-14(23-17)9-16(20)25-24-15/h1-3,8-9,21H,4-7,10-11H2,(H,22,23). The maximum absolute atomic E-state index is 6.09. The maximum Gasteiger partial charge on any atom is 0.153 e.